The lowest BCUT2D eigenvalue weighted by Gasteiger charge is -2.24. The number of fused-ring (bicyclic) bond motifs is 1. The van der Waals surface area contributed by atoms with Gasteiger partial charge in [0.15, 0.2) is 0 Å². The lowest BCUT2D eigenvalue weighted by atomic mass is 10.2. The lowest BCUT2D eigenvalue weighted by molar-refractivity contribution is -0.132. The summed E-state index contributed by atoms with van der Waals surface area (Å²) in [6, 6.07) is 5.35. The van der Waals surface area contributed by atoms with Gasteiger partial charge < -0.3 is 11.1 Å². The third-order valence-corrected chi connectivity index (χ3v) is 2.63. The van der Waals surface area contributed by atoms with Crippen LogP contribution in [-0.2, 0) is 4.79 Å². The number of amides is 1. The predicted molar refractivity (Wildman–Crippen MR) is 68.6 cm³/mol. The Labute approximate surface area is 114 Å². The molecule has 1 amide bonds. The summed E-state index contributed by atoms with van der Waals surface area (Å²) >= 11 is 0. The zero-order valence-electron chi connectivity index (χ0n) is 9.78. The van der Waals surface area contributed by atoms with E-state index in [0.717, 1.165) is 0 Å². The summed E-state index contributed by atoms with van der Waals surface area (Å²) in [6.45, 7) is -1.22. The average Bonchev–Trinajstić information content (AvgIpc) is 2.41. The summed E-state index contributed by atoms with van der Waals surface area (Å²) in [5.74, 6) is -0.732. The third-order valence-electron chi connectivity index (χ3n) is 2.63. The molecular weight excluding hydrogens is 283 g/mol. The number of para-hydroxylation sites is 2. The van der Waals surface area contributed by atoms with Crippen molar-refractivity contribution in [3.63, 3.8) is 0 Å². The Hall–Kier alpha value is -1.47. The monoisotopic (exact) mass is 295 g/mol. The number of nitrogens with one attached hydrogen (secondary N) is 1. The zero-order valence-corrected chi connectivity index (χ0v) is 10.6. The molecule has 0 aromatic heterocycles. The van der Waals surface area contributed by atoms with Gasteiger partial charge in [0.25, 0.3) is 0 Å². The van der Waals surface area contributed by atoms with Crippen molar-refractivity contribution in [2.75, 3.05) is 23.3 Å². The van der Waals surface area contributed by atoms with Gasteiger partial charge in [0.2, 0.25) is 5.91 Å². The summed E-state index contributed by atoms with van der Waals surface area (Å²) in [5.41, 5.74) is 6.22. The molecule has 4 nitrogen and oxygen atoms in total. The molecule has 0 spiro atoms. The second-order valence-corrected chi connectivity index (χ2v) is 4.04. The van der Waals surface area contributed by atoms with E-state index in [9.17, 15) is 18.0 Å². The van der Waals surface area contributed by atoms with Crippen LogP contribution < -0.4 is 16.0 Å². The van der Waals surface area contributed by atoms with Crippen LogP contribution in [-0.4, -0.2) is 31.2 Å². The molecule has 1 heterocycles. The van der Waals surface area contributed by atoms with Crippen LogP contribution in [0.4, 0.5) is 24.5 Å². The molecule has 0 radical (unpaired) electrons. The number of alkyl halides is 3. The van der Waals surface area contributed by atoms with E-state index in [0.29, 0.717) is 10.6 Å². The van der Waals surface area contributed by atoms with Crippen LogP contribution in [0.5, 0.6) is 0 Å². The Morgan fingerprint density at radius 2 is 2.00 bits per heavy atom. The fourth-order valence-corrected chi connectivity index (χ4v) is 1.83. The van der Waals surface area contributed by atoms with E-state index in [2.05, 4.69) is 5.32 Å². The van der Waals surface area contributed by atoms with Gasteiger partial charge in [0.1, 0.15) is 12.6 Å². The van der Waals surface area contributed by atoms with Crippen LogP contribution in [0.1, 0.15) is 0 Å². The first-order valence-corrected chi connectivity index (χ1v) is 5.35. The second-order valence-electron chi connectivity index (χ2n) is 4.04. The number of nitrogens with two attached hydrogens (primary N) is 1. The number of hydrogen-bond acceptors (Lipinski definition) is 3. The quantitative estimate of drug-likeness (QED) is 0.830. The average molecular weight is 296 g/mol. The van der Waals surface area contributed by atoms with Crippen LogP contribution in [0, 0.1) is 0 Å². The molecule has 19 heavy (non-hydrogen) atoms. The number of nitrogens with zero attached hydrogens (tertiary/aromatic N) is 1. The van der Waals surface area contributed by atoms with Gasteiger partial charge in [-0.15, -0.1) is 12.4 Å². The molecule has 1 unspecified atom stereocenters. The zero-order chi connectivity index (χ0) is 13.3. The van der Waals surface area contributed by atoms with Gasteiger partial charge >= 0.3 is 6.18 Å². The summed E-state index contributed by atoms with van der Waals surface area (Å²) in [4.78, 5) is 12.5. The van der Waals surface area contributed by atoms with E-state index in [4.69, 9.17) is 5.73 Å². The van der Waals surface area contributed by atoms with Crippen molar-refractivity contribution in [3.8, 4) is 0 Å². The van der Waals surface area contributed by atoms with Crippen molar-refractivity contribution in [2.45, 2.75) is 12.2 Å². The summed E-state index contributed by atoms with van der Waals surface area (Å²) in [7, 11) is 0. The number of carbonyl (C=O) groups excluding carboxylic acids is 1. The molecule has 0 aliphatic carbocycles. The van der Waals surface area contributed by atoms with Crippen molar-refractivity contribution in [2.24, 2.45) is 5.73 Å². The third kappa shape index (κ3) is 3.51. The smallest absolute Gasteiger partial charge is 0.381 e. The van der Waals surface area contributed by atoms with Gasteiger partial charge in [-0.3, -0.25) is 9.69 Å². The number of rotatable bonds is 1. The molecule has 0 saturated carbocycles. The van der Waals surface area contributed by atoms with Crippen molar-refractivity contribution >= 4 is 29.7 Å². The Morgan fingerprint density at radius 1 is 1.37 bits per heavy atom. The number of benzene rings is 1. The van der Waals surface area contributed by atoms with Crippen molar-refractivity contribution in [1.29, 1.82) is 0 Å². The SMILES string of the molecule is Cl.NC1CNc2ccccc2N(CC(F)(F)F)C1=O. The van der Waals surface area contributed by atoms with E-state index >= 15 is 0 Å². The van der Waals surface area contributed by atoms with Crippen LogP contribution in [0.2, 0.25) is 0 Å². The molecule has 1 aromatic rings. The molecule has 1 aliphatic rings. The predicted octanol–water partition coefficient (Wildman–Crippen LogP) is 1.76. The fraction of sp³-hybridized carbons (Fsp3) is 0.364. The first kappa shape index (κ1) is 15.6. The van der Waals surface area contributed by atoms with Crippen molar-refractivity contribution in [3.05, 3.63) is 24.3 Å². The molecule has 1 aliphatic heterocycles. The molecule has 0 fully saturated rings. The molecule has 8 heteroatoms. The van der Waals surface area contributed by atoms with Crippen LogP contribution >= 0.6 is 12.4 Å². The minimum Gasteiger partial charge on any atom is -0.381 e. The number of anilines is 2. The second kappa shape index (κ2) is 5.66. The van der Waals surface area contributed by atoms with E-state index in [-0.39, 0.29) is 24.6 Å². The van der Waals surface area contributed by atoms with E-state index in [1.54, 1.807) is 18.2 Å². The van der Waals surface area contributed by atoms with Gasteiger partial charge in [-0.1, -0.05) is 12.1 Å². The molecule has 106 valence electrons. The highest BCUT2D eigenvalue weighted by Gasteiger charge is 2.37. The van der Waals surface area contributed by atoms with Gasteiger partial charge in [0.05, 0.1) is 11.4 Å². The standard InChI is InChI=1S/C11H12F3N3O.ClH/c12-11(13,14)6-17-9-4-2-1-3-8(9)16-5-7(15)10(17)18;/h1-4,7,16H,5-6,15H2;1H. The lowest BCUT2D eigenvalue weighted by Crippen LogP contribution is -2.48. The summed E-state index contributed by atoms with van der Waals surface area (Å²) in [5, 5.41) is 2.87. The van der Waals surface area contributed by atoms with Crippen LogP contribution in [0.15, 0.2) is 24.3 Å². The van der Waals surface area contributed by atoms with E-state index in [1.165, 1.54) is 6.07 Å². The topological polar surface area (TPSA) is 58.4 Å². The van der Waals surface area contributed by atoms with E-state index < -0.39 is 24.7 Å². The molecule has 0 bridgehead atoms. The Balaban J connectivity index is 0.00000180. The molecule has 2 rings (SSSR count). The van der Waals surface area contributed by atoms with Gasteiger partial charge in [0, 0.05) is 6.54 Å². The summed E-state index contributed by atoms with van der Waals surface area (Å²) < 4.78 is 37.5. The van der Waals surface area contributed by atoms with Gasteiger partial charge in [-0.25, -0.2) is 0 Å². The highest BCUT2D eigenvalue weighted by Crippen LogP contribution is 2.30. The van der Waals surface area contributed by atoms with Crippen molar-refractivity contribution < 1.29 is 18.0 Å². The Morgan fingerprint density at radius 3 is 2.63 bits per heavy atom. The van der Waals surface area contributed by atoms with Crippen LogP contribution in [0.25, 0.3) is 0 Å². The van der Waals surface area contributed by atoms with Crippen LogP contribution in [0.3, 0.4) is 0 Å². The van der Waals surface area contributed by atoms with Gasteiger partial charge in [-0.05, 0) is 12.1 Å². The maximum absolute atomic E-state index is 12.5. The molecule has 1 atom stereocenters. The minimum absolute atomic E-state index is 0. The first-order valence-electron chi connectivity index (χ1n) is 5.35. The number of hydrogen-bond donors (Lipinski definition) is 2. The fourth-order valence-electron chi connectivity index (χ4n) is 1.83. The molecular formula is C11H13ClF3N3O. The molecule has 1 aromatic carbocycles. The molecule has 3 N–H and O–H groups in total. The first-order chi connectivity index (χ1) is 8.38. The Bertz CT molecular complexity index is 467. The molecule has 0 saturated heterocycles. The van der Waals surface area contributed by atoms with Gasteiger partial charge in [-0.2, -0.15) is 13.2 Å². The normalized spacial score (nSPS) is 19.1. The maximum atomic E-state index is 12.5. The Kier molecular flexibility index (Phi) is 4.65. The number of carbonyl (C=O) groups is 1. The minimum atomic E-state index is -4.47. The van der Waals surface area contributed by atoms with E-state index in [1.807, 2.05) is 0 Å². The summed E-state index contributed by atoms with van der Waals surface area (Å²) in [6.07, 6.45) is -4.47. The van der Waals surface area contributed by atoms with Crippen molar-refractivity contribution in [1.82, 2.24) is 0 Å². The number of halogens is 4. The highest BCUT2D eigenvalue weighted by molar-refractivity contribution is 6.01. The maximum Gasteiger partial charge on any atom is 0.406 e. The largest absolute Gasteiger partial charge is 0.406 e. The highest BCUT2D eigenvalue weighted by atomic mass is 35.5.